The summed E-state index contributed by atoms with van der Waals surface area (Å²) in [5.74, 6) is 0.393. The zero-order valence-electron chi connectivity index (χ0n) is 10.9. The van der Waals surface area contributed by atoms with Gasteiger partial charge in [0.15, 0.2) is 10.9 Å². The van der Waals surface area contributed by atoms with Crippen molar-refractivity contribution in [1.82, 2.24) is 4.90 Å². The van der Waals surface area contributed by atoms with Gasteiger partial charge in [-0.3, -0.25) is 4.79 Å². The largest absolute Gasteiger partial charge is 0.445 e. The summed E-state index contributed by atoms with van der Waals surface area (Å²) in [5, 5.41) is 0.771. The SMILES string of the molecule is CSc1ccc(C(=O)N2CCCCC2C(C)N)o1. The van der Waals surface area contributed by atoms with Gasteiger partial charge >= 0.3 is 0 Å². The molecule has 18 heavy (non-hydrogen) atoms. The first-order valence-corrected chi connectivity index (χ1v) is 7.56. The zero-order valence-corrected chi connectivity index (χ0v) is 11.7. The molecule has 1 saturated heterocycles. The maximum absolute atomic E-state index is 12.4. The molecule has 2 N–H and O–H groups in total. The predicted octanol–water partition coefficient (Wildman–Crippen LogP) is 2.34. The summed E-state index contributed by atoms with van der Waals surface area (Å²) in [6.07, 6.45) is 5.10. The van der Waals surface area contributed by atoms with E-state index in [4.69, 9.17) is 10.2 Å². The van der Waals surface area contributed by atoms with E-state index in [2.05, 4.69) is 0 Å². The van der Waals surface area contributed by atoms with Gasteiger partial charge in [-0.25, -0.2) is 0 Å². The van der Waals surface area contributed by atoms with E-state index in [0.717, 1.165) is 30.9 Å². The van der Waals surface area contributed by atoms with E-state index in [1.807, 2.05) is 24.1 Å². The van der Waals surface area contributed by atoms with E-state index in [-0.39, 0.29) is 18.0 Å². The third kappa shape index (κ3) is 2.72. The molecule has 1 aliphatic heterocycles. The van der Waals surface area contributed by atoms with Gasteiger partial charge in [-0.15, -0.1) is 0 Å². The highest BCUT2D eigenvalue weighted by Crippen LogP contribution is 2.24. The number of amides is 1. The Kier molecular flexibility index (Phi) is 4.35. The molecule has 2 unspecified atom stereocenters. The lowest BCUT2D eigenvalue weighted by Gasteiger charge is -2.37. The summed E-state index contributed by atoms with van der Waals surface area (Å²) in [7, 11) is 0. The molecule has 0 aliphatic carbocycles. The normalized spacial score (nSPS) is 21.9. The third-order valence-electron chi connectivity index (χ3n) is 3.41. The van der Waals surface area contributed by atoms with Gasteiger partial charge < -0.3 is 15.1 Å². The van der Waals surface area contributed by atoms with Crippen molar-refractivity contribution in [2.75, 3.05) is 12.8 Å². The molecule has 1 amide bonds. The molecule has 0 saturated carbocycles. The summed E-state index contributed by atoms with van der Waals surface area (Å²) in [5.41, 5.74) is 5.98. The number of hydrogen-bond acceptors (Lipinski definition) is 4. The average Bonchev–Trinajstić information content (AvgIpc) is 2.86. The summed E-state index contributed by atoms with van der Waals surface area (Å²) in [6, 6.07) is 3.72. The Morgan fingerprint density at radius 3 is 2.94 bits per heavy atom. The number of rotatable bonds is 3. The van der Waals surface area contributed by atoms with Crippen LogP contribution in [0.3, 0.4) is 0 Å². The van der Waals surface area contributed by atoms with Crippen LogP contribution < -0.4 is 5.73 Å². The van der Waals surface area contributed by atoms with Gasteiger partial charge in [0.1, 0.15) is 0 Å². The Bertz CT molecular complexity index is 417. The summed E-state index contributed by atoms with van der Waals surface area (Å²) >= 11 is 1.50. The number of nitrogens with two attached hydrogens (primary N) is 1. The van der Waals surface area contributed by atoms with Crippen LogP contribution in [-0.2, 0) is 0 Å². The van der Waals surface area contributed by atoms with Crippen molar-refractivity contribution in [2.24, 2.45) is 5.73 Å². The maximum Gasteiger partial charge on any atom is 0.289 e. The molecule has 100 valence electrons. The van der Waals surface area contributed by atoms with Gasteiger partial charge in [0.05, 0.1) is 0 Å². The first-order valence-electron chi connectivity index (χ1n) is 6.34. The summed E-state index contributed by atoms with van der Waals surface area (Å²) in [4.78, 5) is 14.3. The highest BCUT2D eigenvalue weighted by atomic mass is 32.2. The van der Waals surface area contributed by atoms with Crippen LogP contribution in [0.25, 0.3) is 0 Å². The molecule has 0 radical (unpaired) electrons. The third-order valence-corrected chi connectivity index (χ3v) is 4.03. The van der Waals surface area contributed by atoms with E-state index in [1.165, 1.54) is 11.8 Å². The van der Waals surface area contributed by atoms with E-state index in [0.29, 0.717) is 5.76 Å². The molecule has 0 aromatic carbocycles. The van der Waals surface area contributed by atoms with Crippen LogP contribution in [0.15, 0.2) is 21.6 Å². The second kappa shape index (κ2) is 5.80. The Hall–Kier alpha value is -0.940. The number of thioether (sulfide) groups is 1. The van der Waals surface area contributed by atoms with Crippen molar-refractivity contribution in [3.63, 3.8) is 0 Å². The minimum Gasteiger partial charge on any atom is -0.445 e. The molecule has 5 heteroatoms. The fourth-order valence-electron chi connectivity index (χ4n) is 2.44. The number of carbonyl (C=O) groups is 1. The molecule has 2 rings (SSSR count). The molecule has 0 bridgehead atoms. The fourth-order valence-corrected chi connectivity index (χ4v) is 2.82. The number of nitrogens with zero attached hydrogens (tertiary/aromatic N) is 1. The zero-order chi connectivity index (χ0) is 13.1. The van der Waals surface area contributed by atoms with Crippen molar-refractivity contribution in [3.05, 3.63) is 17.9 Å². The van der Waals surface area contributed by atoms with Gasteiger partial charge in [0.25, 0.3) is 5.91 Å². The average molecular weight is 268 g/mol. The lowest BCUT2D eigenvalue weighted by molar-refractivity contribution is 0.0546. The topological polar surface area (TPSA) is 59.5 Å². The highest BCUT2D eigenvalue weighted by molar-refractivity contribution is 7.98. The molecule has 1 fully saturated rings. The Labute approximate surface area is 112 Å². The fraction of sp³-hybridized carbons (Fsp3) is 0.615. The number of likely N-dealkylation sites (tertiary alicyclic amines) is 1. The second-order valence-corrected chi connectivity index (χ2v) is 5.55. The van der Waals surface area contributed by atoms with Gasteiger partial charge in [-0.05, 0) is 44.6 Å². The van der Waals surface area contributed by atoms with Gasteiger partial charge in [-0.2, -0.15) is 0 Å². The molecular weight excluding hydrogens is 248 g/mol. The van der Waals surface area contributed by atoms with Crippen LogP contribution in [0.2, 0.25) is 0 Å². The van der Waals surface area contributed by atoms with Crippen LogP contribution in [-0.4, -0.2) is 35.7 Å². The van der Waals surface area contributed by atoms with E-state index >= 15 is 0 Å². The van der Waals surface area contributed by atoms with Crippen molar-refractivity contribution < 1.29 is 9.21 Å². The lowest BCUT2D eigenvalue weighted by atomic mass is 9.96. The number of piperidine rings is 1. The second-order valence-electron chi connectivity index (χ2n) is 4.74. The molecule has 1 aliphatic rings. The maximum atomic E-state index is 12.4. The Morgan fingerprint density at radius 1 is 1.56 bits per heavy atom. The monoisotopic (exact) mass is 268 g/mol. The van der Waals surface area contributed by atoms with Crippen LogP contribution in [0.5, 0.6) is 0 Å². The number of furan rings is 1. The smallest absolute Gasteiger partial charge is 0.289 e. The Balaban J connectivity index is 2.15. The molecule has 4 nitrogen and oxygen atoms in total. The van der Waals surface area contributed by atoms with Crippen LogP contribution >= 0.6 is 11.8 Å². The molecule has 1 aromatic rings. The standard InChI is InChI=1S/C13H20N2O2S/c1-9(14)10-5-3-4-8-15(10)13(16)11-6-7-12(17-11)18-2/h6-7,9-10H,3-5,8,14H2,1-2H3. The Morgan fingerprint density at radius 2 is 2.33 bits per heavy atom. The minimum absolute atomic E-state index is 0.00392. The van der Waals surface area contributed by atoms with Crippen LogP contribution in [0.4, 0.5) is 0 Å². The van der Waals surface area contributed by atoms with Crippen LogP contribution in [0.1, 0.15) is 36.7 Å². The first kappa shape index (κ1) is 13.5. The highest BCUT2D eigenvalue weighted by Gasteiger charge is 2.31. The summed E-state index contributed by atoms with van der Waals surface area (Å²) < 4.78 is 5.51. The van der Waals surface area contributed by atoms with Crippen molar-refractivity contribution in [2.45, 2.75) is 43.4 Å². The molecule has 2 atom stereocenters. The van der Waals surface area contributed by atoms with Crippen molar-refractivity contribution in [1.29, 1.82) is 0 Å². The van der Waals surface area contributed by atoms with Crippen molar-refractivity contribution in [3.8, 4) is 0 Å². The van der Waals surface area contributed by atoms with Gasteiger partial charge in [0, 0.05) is 18.6 Å². The first-order chi connectivity index (χ1) is 8.63. The van der Waals surface area contributed by atoms with Gasteiger partial charge in [-0.1, -0.05) is 11.8 Å². The number of hydrogen-bond donors (Lipinski definition) is 1. The molecule has 1 aromatic heterocycles. The minimum atomic E-state index is -0.0303. The van der Waals surface area contributed by atoms with E-state index in [9.17, 15) is 4.79 Å². The van der Waals surface area contributed by atoms with E-state index in [1.54, 1.807) is 6.07 Å². The predicted molar refractivity (Wildman–Crippen MR) is 72.8 cm³/mol. The molecular formula is C13H20N2O2S. The van der Waals surface area contributed by atoms with Crippen molar-refractivity contribution >= 4 is 17.7 Å². The molecule has 0 spiro atoms. The molecule has 2 heterocycles. The van der Waals surface area contributed by atoms with Gasteiger partial charge in [0.2, 0.25) is 0 Å². The van der Waals surface area contributed by atoms with Crippen LogP contribution in [0, 0.1) is 0 Å². The summed E-state index contributed by atoms with van der Waals surface area (Å²) in [6.45, 7) is 2.74. The van der Waals surface area contributed by atoms with E-state index < -0.39 is 0 Å². The number of carbonyl (C=O) groups excluding carboxylic acids is 1. The lowest BCUT2D eigenvalue weighted by Crippen LogP contribution is -2.51. The quantitative estimate of drug-likeness (QED) is 0.855.